The number of rotatable bonds is 5. The fraction of sp³-hybridized carbons (Fsp3) is 0.412. The Morgan fingerprint density at radius 3 is 2.50 bits per heavy atom. The molecule has 0 aliphatic carbocycles. The SMILES string of the molecule is Cc1nnc(SCCN2CCOCC2)n1-c1cccc(Cl)c1.O=C(O)C(=O)O. The number of ether oxygens (including phenoxy) is 1. The quantitative estimate of drug-likeness (QED) is 0.542. The average Bonchev–Trinajstić information content (AvgIpc) is 3.03. The zero-order valence-electron chi connectivity index (χ0n) is 15.2. The van der Waals surface area contributed by atoms with E-state index in [0.717, 1.165) is 60.3 Å². The van der Waals surface area contributed by atoms with Crippen LogP contribution in [-0.4, -0.2) is 80.4 Å². The smallest absolute Gasteiger partial charge is 0.414 e. The first-order valence-electron chi connectivity index (χ1n) is 8.45. The zero-order valence-corrected chi connectivity index (χ0v) is 16.8. The maximum Gasteiger partial charge on any atom is 0.414 e. The van der Waals surface area contributed by atoms with Crippen molar-refractivity contribution in [2.45, 2.75) is 12.1 Å². The molecule has 1 fully saturated rings. The van der Waals surface area contributed by atoms with Gasteiger partial charge in [-0.1, -0.05) is 29.4 Å². The predicted octanol–water partition coefficient (Wildman–Crippen LogP) is 1.81. The number of thioether (sulfide) groups is 1. The van der Waals surface area contributed by atoms with E-state index in [1.54, 1.807) is 11.8 Å². The summed E-state index contributed by atoms with van der Waals surface area (Å²) in [5.41, 5.74) is 1.00. The number of aromatic nitrogens is 3. The Balaban J connectivity index is 0.000000409. The molecule has 1 aromatic carbocycles. The van der Waals surface area contributed by atoms with E-state index in [1.165, 1.54) is 0 Å². The van der Waals surface area contributed by atoms with Gasteiger partial charge in [0.2, 0.25) is 0 Å². The van der Waals surface area contributed by atoms with Crippen LogP contribution in [0, 0.1) is 6.92 Å². The van der Waals surface area contributed by atoms with E-state index >= 15 is 0 Å². The van der Waals surface area contributed by atoms with E-state index in [4.69, 9.17) is 36.1 Å². The summed E-state index contributed by atoms with van der Waals surface area (Å²) in [4.78, 5) is 20.6. The number of carboxylic acids is 2. The molecular weight excluding hydrogens is 408 g/mol. The van der Waals surface area contributed by atoms with E-state index in [0.29, 0.717) is 0 Å². The molecule has 152 valence electrons. The van der Waals surface area contributed by atoms with E-state index < -0.39 is 11.9 Å². The normalized spacial score (nSPS) is 14.2. The Morgan fingerprint density at radius 2 is 1.89 bits per heavy atom. The van der Waals surface area contributed by atoms with Crippen molar-refractivity contribution in [2.75, 3.05) is 38.6 Å². The van der Waals surface area contributed by atoms with Crippen LogP contribution in [-0.2, 0) is 14.3 Å². The summed E-state index contributed by atoms with van der Waals surface area (Å²) in [7, 11) is 0. The molecule has 0 radical (unpaired) electrons. The van der Waals surface area contributed by atoms with E-state index in [2.05, 4.69) is 19.7 Å². The lowest BCUT2D eigenvalue weighted by molar-refractivity contribution is -0.159. The molecule has 3 rings (SSSR count). The second-order valence-corrected chi connectivity index (χ2v) is 7.26. The summed E-state index contributed by atoms with van der Waals surface area (Å²) in [6.45, 7) is 6.70. The van der Waals surface area contributed by atoms with Crippen LogP contribution in [0.1, 0.15) is 5.82 Å². The van der Waals surface area contributed by atoms with Crippen LogP contribution in [0.15, 0.2) is 29.4 Å². The summed E-state index contributed by atoms with van der Waals surface area (Å²) < 4.78 is 7.42. The van der Waals surface area contributed by atoms with Crippen molar-refractivity contribution < 1.29 is 24.5 Å². The number of carbonyl (C=O) groups is 2. The molecule has 11 heteroatoms. The highest BCUT2D eigenvalue weighted by Gasteiger charge is 2.14. The van der Waals surface area contributed by atoms with Crippen LogP contribution in [0.3, 0.4) is 0 Å². The molecule has 28 heavy (non-hydrogen) atoms. The molecular formula is C17H21ClN4O5S. The number of hydrogen-bond donors (Lipinski definition) is 2. The van der Waals surface area contributed by atoms with Crippen LogP contribution in [0.25, 0.3) is 5.69 Å². The molecule has 2 N–H and O–H groups in total. The summed E-state index contributed by atoms with van der Waals surface area (Å²) in [5.74, 6) is -1.79. The zero-order chi connectivity index (χ0) is 20.5. The predicted molar refractivity (Wildman–Crippen MR) is 104 cm³/mol. The van der Waals surface area contributed by atoms with Gasteiger partial charge in [-0.25, -0.2) is 9.59 Å². The van der Waals surface area contributed by atoms with Crippen molar-refractivity contribution in [1.29, 1.82) is 0 Å². The van der Waals surface area contributed by atoms with Crippen LogP contribution < -0.4 is 0 Å². The minimum absolute atomic E-state index is 0.717. The fourth-order valence-electron chi connectivity index (χ4n) is 2.44. The first kappa shape index (κ1) is 22.2. The van der Waals surface area contributed by atoms with Crippen LogP contribution >= 0.6 is 23.4 Å². The lowest BCUT2D eigenvalue weighted by atomic mass is 10.3. The summed E-state index contributed by atoms with van der Waals surface area (Å²) >= 11 is 7.82. The van der Waals surface area contributed by atoms with Crippen molar-refractivity contribution in [3.63, 3.8) is 0 Å². The number of hydrogen-bond acceptors (Lipinski definition) is 7. The number of aliphatic carboxylic acids is 2. The number of aryl methyl sites for hydroxylation is 1. The van der Waals surface area contributed by atoms with Gasteiger partial charge < -0.3 is 14.9 Å². The van der Waals surface area contributed by atoms with Gasteiger partial charge in [-0.2, -0.15) is 0 Å². The van der Waals surface area contributed by atoms with Gasteiger partial charge in [-0.15, -0.1) is 10.2 Å². The molecule has 1 aliphatic heterocycles. The lowest BCUT2D eigenvalue weighted by Crippen LogP contribution is -2.37. The van der Waals surface area contributed by atoms with Crippen molar-refractivity contribution in [1.82, 2.24) is 19.7 Å². The third-order valence-electron chi connectivity index (χ3n) is 3.79. The first-order valence-corrected chi connectivity index (χ1v) is 9.82. The minimum atomic E-state index is -1.82. The summed E-state index contributed by atoms with van der Waals surface area (Å²) in [5, 5.41) is 24.9. The maximum atomic E-state index is 9.10. The second-order valence-electron chi connectivity index (χ2n) is 5.76. The number of carboxylic acid groups (broad SMARTS) is 2. The molecule has 9 nitrogen and oxygen atoms in total. The van der Waals surface area contributed by atoms with Gasteiger partial charge in [0, 0.05) is 30.4 Å². The molecule has 0 unspecified atom stereocenters. The summed E-state index contributed by atoms with van der Waals surface area (Å²) in [6.07, 6.45) is 0. The molecule has 0 bridgehead atoms. The molecule has 2 aromatic rings. The van der Waals surface area contributed by atoms with Gasteiger partial charge >= 0.3 is 11.9 Å². The second kappa shape index (κ2) is 11.0. The topological polar surface area (TPSA) is 118 Å². The molecule has 1 aromatic heterocycles. The highest BCUT2D eigenvalue weighted by molar-refractivity contribution is 7.99. The van der Waals surface area contributed by atoms with Gasteiger partial charge in [0.1, 0.15) is 5.82 Å². The Hall–Kier alpha value is -2.14. The molecule has 0 amide bonds. The number of halogens is 1. The average molecular weight is 429 g/mol. The van der Waals surface area contributed by atoms with E-state index in [1.807, 2.05) is 31.2 Å². The molecule has 0 atom stereocenters. The standard InChI is InChI=1S/C15H19ClN4OS.C2H2O4/c1-12-17-18-15(20(12)14-4-2-3-13(16)11-14)22-10-7-19-5-8-21-9-6-19;3-1(4)2(5)6/h2-4,11H,5-10H2,1H3;(H,3,4)(H,5,6). The van der Waals surface area contributed by atoms with Gasteiger partial charge in [0.15, 0.2) is 5.16 Å². The van der Waals surface area contributed by atoms with E-state index in [9.17, 15) is 0 Å². The van der Waals surface area contributed by atoms with Crippen LogP contribution in [0.4, 0.5) is 0 Å². The Labute approximate surface area is 171 Å². The van der Waals surface area contributed by atoms with Gasteiger partial charge in [0.05, 0.1) is 18.9 Å². The van der Waals surface area contributed by atoms with Crippen LogP contribution in [0.5, 0.6) is 0 Å². The van der Waals surface area contributed by atoms with Gasteiger partial charge in [-0.05, 0) is 25.1 Å². The molecule has 1 aliphatic rings. The highest BCUT2D eigenvalue weighted by atomic mass is 35.5. The molecule has 1 saturated heterocycles. The molecule has 0 saturated carbocycles. The number of morpholine rings is 1. The van der Waals surface area contributed by atoms with Crippen molar-refractivity contribution in [3.05, 3.63) is 35.1 Å². The van der Waals surface area contributed by atoms with Crippen LogP contribution in [0.2, 0.25) is 5.02 Å². The van der Waals surface area contributed by atoms with Crippen molar-refractivity contribution >= 4 is 35.3 Å². The Bertz CT molecular complexity index is 799. The largest absolute Gasteiger partial charge is 0.473 e. The summed E-state index contributed by atoms with van der Waals surface area (Å²) in [6, 6.07) is 7.77. The minimum Gasteiger partial charge on any atom is -0.473 e. The number of benzene rings is 1. The Morgan fingerprint density at radius 1 is 1.21 bits per heavy atom. The van der Waals surface area contributed by atoms with E-state index in [-0.39, 0.29) is 0 Å². The monoisotopic (exact) mass is 428 g/mol. The third kappa shape index (κ3) is 6.79. The maximum absolute atomic E-state index is 9.10. The molecule has 0 spiro atoms. The highest BCUT2D eigenvalue weighted by Crippen LogP contribution is 2.23. The third-order valence-corrected chi connectivity index (χ3v) is 4.93. The molecule has 2 heterocycles. The number of nitrogens with zero attached hydrogens (tertiary/aromatic N) is 4. The Kier molecular flexibility index (Phi) is 8.71. The van der Waals surface area contributed by atoms with Gasteiger partial charge in [-0.3, -0.25) is 9.47 Å². The first-order chi connectivity index (χ1) is 13.4. The fourth-order valence-corrected chi connectivity index (χ4v) is 3.62. The van der Waals surface area contributed by atoms with Gasteiger partial charge in [0.25, 0.3) is 0 Å². The lowest BCUT2D eigenvalue weighted by Gasteiger charge is -2.26. The van der Waals surface area contributed by atoms with Crippen molar-refractivity contribution in [3.8, 4) is 5.69 Å². The van der Waals surface area contributed by atoms with Crippen molar-refractivity contribution in [2.24, 2.45) is 0 Å².